The Bertz CT molecular complexity index is 2130. The number of aryl methyl sites for hydroxylation is 2. The predicted molar refractivity (Wildman–Crippen MR) is 171 cm³/mol. The van der Waals surface area contributed by atoms with E-state index >= 15 is 0 Å². The number of nitrogens with zero attached hydrogens (tertiary/aromatic N) is 4. The van der Waals surface area contributed by atoms with Crippen molar-refractivity contribution in [3.05, 3.63) is 139 Å². The first kappa shape index (κ1) is 29.6. The van der Waals surface area contributed by atoms with Crippen molar-refractivity contribution in [2.75, 3.05) is 0 Å². The van der Waals surface area contributed by atoms with Gasteiger partial charge in [-0.05, 0) is 65.7 Å². The molecule has 3 aromatic heterocycles. The van der Waals surface area contributed by atoms with Crippen molar-refractivity contribution in [1.29, 1.82) is 0 Å². The zero-order valence-electron chi connectivity index (χ0n) is 25.3. The van der Waals surface area contributed by atoms with Crippen LogP contribution >= 0.6 is 0 Å². The van der Waals surface area contributed by atoms with Crippen LogP contribution in [-0.4, -0.2) is 14.1 Å². The molecule has 44 heavy (non-hydrogen) atoms. The van der Waals surface area contributed by atoms with Crippen molar-refractivity contribution in [2.45, 2.75) is 40.0 Å². The summed E-state index contributed by atoms with van der Waals surface area (Å²) in [4.78, 5) is 4.78. The van der Waals surface area contributed by atoms with E-state index in [0.717, 1.165) is 39.0 Å². The van der Waals surface area contributed by atoms with E-state index in [0.29, 0.717) is 11.5 Å². The summed E-state index contributed by atoms with van der Waals surface area (Å²) in [7, 11) is 0. The van der Waals surface area contributed by atoms with Gasteiger partial charge in [0.1, 0.15) is 5.82 Å². The number of hydrogen-bond acceptors (Lipinski definition) is 2. The van der Waals surface area contributed by atoms with E-state index in [1.165, 1.54) is 16.7 Å². The monoisotopic (exact) mass is 755 g/mol. The van der Waals surface area contributed by atoms with Gasteiger partial charge in [-0.15, -0.1) is 29.7 Å². The first-order valence-electron chi connectivity index (χ1n) is 14.5. The Morgan fingerprint density at radius 3 is 2.48 bits per heavy atom. The van der Waals surface area contributed by atoms with Crippen molar-refractivity contribution in [2.24, 2.45) is 0 Å². The summed E-state index contributed by atoms with van der Waals surface area (Å²) in [6.45, 7) is 10.9. The standard InChI is InChI=1S/C38H32N4O.Pt/c1-26-13-14-27(2)35(21-26)41-20-19-40(25-41)29-9-8-10-30(23-29)43-31-15-16-33-32-11-6-7-12-34(32)42(36(33)24-31)37-22-28(17-18-39-37)38(3,4)5;/h6-22H,1-5H3;/q-2;. The average molecular weight is 756 g/mol. The summed E-state index contributed by atoms with van der Waals surface area (Å²) in [5.41, 5.74) is 7.57. The van der Waals surface area contributed by atoms with Gasteiger partial charge in [0.15, 0.2) is 0 Å². The van der Waals surface area contributed by atoms with E-state index in [1.807, 2.05) is 52.0 Å². The Kier molecular flexibility index (Phi) is 7.77. The maximum atomic E-state index is 6.36. The van der Waals surface area contributed by atoms with Crippen molar-refractivity contribution in [3.8, 4) is 28.7 Å². The SMILES string of the molecule is Cc1ccc(C)c(-[n+]2[c-]n(-c3[c-]c(Oc4[c-]c5c(cc4)c4ccccc4n5-c4cc(C(C)(C)C)ccn4)ccc3)cc2)c1.[Pt]. The molecule has 0 amide bonds. The Balaban J connectivity index is 0.00000343. The third-order valence-electron chi connectivity index (χ3n) is 7.83. The van der Waals surface area contributed by atoms with E-state index in [4.69, 9.17) is 9.72 Å². The molecule has 3 heterocycles. The van der Waals surface area contributed by atoms with Crippen LogP contribution in [0.2, 0.25) is 0 Å². The number of fused-ring (bicyclic) bond motifs is 3. The van der Waals surface area contributed by atoms with Gasteiger partial charge in [0, 0.05) is 56.7 Å². The predicted octanol–water partition coefficient (Wildman–Crippen LogP) is 8.35. The van der Waals surface area contributed by atoms with Crippen molar-refractivity contribution >= 4 is 21.8 Å². The molecule has 4 aromatic carbocycles. The topological polar surface area (TPSA) is 35.9 Å². The fourth-order valence-electron chi connectivity index (χ4n) is 5.50. The summed E-state index contributed by atoms with van der Waals surface area (Å²) in [6, 6.07) is 36.0. The molecule has 0 unspecified atom stereocenters. The number of pyridine rings is 1. The molecule has 0 aliphatic rings. The van der Waals surface area contributed by atoms with Crippen LogP contribution in [0, 0.1) is 32.3 Å². The third kappa shape index (κ3) is 5.49. The first-order chi connectivity index (χ1) is 20.7. The molecule has 0 N–H and O–H groups in total. The zero-order valence-corrected chi connectivity index (χ0v) is 27.6. The molecular weight excluding hydrogens is 724 g/mol. The molecule has 0 spiro atoms. The van der Waals surface area contributed by atoms with Crippen LogP contribution in [0.4, 0.5) is 0 Å². The van der Waals surface area contributed by atoms with Gasteiger partial charge in [-0.1, -0.05) is 62.2 Å². The number of para-hydroxylation sites is 1. The minimum absolute atomic E-state index is 0. The largest absolute Gasteiger partial charge is 0.510 e. The zero-order chi connectivity index (χ0) is 29.7. The van der Waals surface area contributed by atoms with E-state index < -0.39 is 0 Å². The number of rotatable bonds is 5. The fraction of sp³-hybridized carbons (Fsp3) is 0.158. The van der Waals surface area contributed by atoms with E-state index in [9.17, 15) is 0 Å². The normalized spacial score (nSPS) is 11.6. The van der Waals surface area contributed by atoms with Crippen LogP contribution < -0.4 is 9.30 Å². The van der Waals surface area contributed by atoms with Gasteiger partial charge < -0.3 is 13.9 Å². The second-order valence-electron chi connectivity index (χ2n) is 12.0. The van der Waals surface area contributed by atoms with Crippen molar-refractivity contribution in [1.82, 2.24) is 14.1 Å². The molecule has 7 aromatic rings. The van der Waals surface area contributed by atoms with Crippen LogP contribution in [0.25, 0.3) is 39.0 Å². The number of benzene rings is 4. The van der Waals surface area contributed by atoms with Crippen LogP contribution in [0.3, 0.4) is 0 Å². The second kappa shape index (κ2) is 11.6. The van der Waals surface area contributed by atoms with Crippen molar-refractivity contribution < 1.29 is 30.4 Å². The molecule has 0 bridgehead atoms. The van der Waals surface area contributed by atoms with Gasteiger partial charge in [-0.2, -0.15) is 18.2 Å². The molecule has 222 valence electrons. The Morgan fingerprint density at radius 2 is 1.64 bits per heavy atom. The van der Waals surface area contributed by atoms with Gasteiger partial charge >= 0.3 is 0 Å². The molecule has 5 nitrogen and oxygen atoms in total. The maximum absolute atomic E-state index is 6.36. The van der Waals surface area contributed by atoms with Gasteiger partial charge in [0.2, 0.25) is 0 Å². The second-order valence-corrected chi connectivity index (χ2v) is 12.0. The molecule has 0 aliphatic heterocycles. The smallest absolute Gasteiger partial charge is 0.267 e. The number of aromatic nitrogens is 4. The third-order valence-corrected chi connectivity index (χ3v) is 7.83. The van der Waals surface area contributed by atoms with E-state index in [1.54, 1.807) is 0 Å². The maximum Gasteiger partial charge on any atom is 0.267 e. The Labute approximate surface area is 272 Å². The summed E-state index contributed by atoms with van der Waals surface area (Å²) < 4.78 is 12.5. The summed E-state index contributed by atoms with van der Waals surface area (Å²) in [6.07, 6.45) is 9.29. The fourth-order valence-corrected chi connectivity index (χ4v) is 5.50. The van der Waals surface area contributed by atoms with E-state index in [-0.39, 0.29) is 26.5 Å². The van der Waals surface area contributed by atoms with Gasteiger partial charge in [-0.25, -0.2) is 4.98 Å². The molecule has 6 heteroatoms. The molecular formula is C38H32N4OPt-2. The van der Waals surface area contributed by atoms with Crippen LogP contribution in [0.5, 0.6) is 11.5 Å². The van der Waals surface area contributed by atoms with Crippen LogP contribution in [0.15, 0.2) is 104 Å². The van der Waals surface area contributed by atoms with Crippen LogP contribution in [-0.2, 0) is 26.5 Å². The molecule has 0 fully saturated rings. The summed E-state index contributed by atoms with van der Waals surface area (Å²) in [5, 5.41) is 2.25. The number of imidazole rings is 1. The van der Waals surface area contributed by atoms with E-state index in [2.05, 4.69) is 118 Å². The van der Waals surface area contributed by atoms with Gasteiger partial charge in [0.05, 0.1) is 5.69 Å². The summed E-state index contributed by atoms with van der Waals surface area (Å²) >= 11 is 0. The van der Waals surface area contributed by atoms with Crippen LogP contribution in [0.1, 0.15) is 37.5 Å². The number of ether oxygens (including phenoxy) is 1. The van der Waals surface area contributed by atoms with Gasteiger partial charge in [-0.3, -0.25) is 4.57 Å². The average Bonchev–Trinajstić information content (AvgIpc) is 3.61. The molecule has 0 saturated heterocycles. The quantitative estimate of drug-likeness (QED) is 0.131. The minimum Gasteiger partial charge on any atom is -0.510 e. The Morgan fingerprint density at radius 1 is 0.818 bits per heavy atom. The summed E-state index contributed by atoms with van der Waals surface area (Å²) in [5.74, 6) is 2.07. The first-order valence-corrected chi connectivity index (χ1v) is 14.5. The minimum atomic E-state index is 0. The Hall–Kier alpha value is -4.47. The molecule has 7 rings (SSSR count). The molecule has 0 aliphatic carbocycles. The number of hydrogen-bond donors (Lipinski definition) is 0. The molecule has 0 radical (unpaired) electrons. The van der Waals surface area contributed by atoms with Crippen molar-refractivity contribution in [3.63, 3.8) is 0 Å². The molecule has 0 saturated carbocycles. The van der Waals surface area contributed by atoms with Gasteiger partial charge in [0.25, 0.3) is 6.33 Å². The molecule has 0 atom stereocenters.